The molecule has 0 N–H and O–H groups in total. The van der Waals surface area contributed by atoms with Crippen molar-refractivity contribution in [3.8, 4) is 0 Å². The summed E-state index contributed by atoms with van der Waals surface area (Å²) in [4.78, 5) is 0. The van der Waals surface area contributed by atoms with Crippen LogP contribution < -0.4 is 0 Å². The van der Waals surface area contributed by atoms with Gasteiger partial charge in [0.25, 0.3) is 0 Å². The van der Waals surface area contributed by atoms with E-state index in [4.69, 9.17) is 4.74 Å². The Bertz CT molecular complexity index is 197. The van der Waals surface area contributed by atoms with Gasteiger partial charge in [0.2, 0.25) is 0 Å². The topological polar surface area (TPSA) is 9.23 Å². The molecule has 0 bridgehead atoms. The molecule has 14 heavy (non-hydrogen) atoms. The van der Waals surface area contributed by atoms with E-state index in [-0.39, 0.29) is 0 Å². The summed E-state index contributed by atoms with van der Waals surface area (Å²) in [5.74, 6) is 0. The Morgan fingerprint density at radius 3 is 2.14 bits per heavy atom. The van der Waals surface area contributed by atoms with Gasteiger partial charge in [-0.2, -0.15) is 0 Å². The Hall–Kier alpha value is -0.340. The van der Waals surface area contributed by atoms with Crippen LogP contribution in [0.1, 0.15) is 25.8 Å². The average Bonchev–Trinajstić information content (AvgIpc) is 2.28. The monoisotopic (exact) mass is 258 g/mol. The number of hydrogen-bond donors (Lipinski definition) is 0. The second-order valence-corrected chi connectivity index (χ2v) is 3.60. The summed E-state index contributed by atoms with van der Waals surface area (Å²) < 4.78 is 5.22. The van der Waals surface area contributed by atoms with E-state index in [1.165, 1.54) is 12.0 Å². The molecule has 0 aliphatic carbocycles. The van der Waals surface area contributed by atoms with Crippen LogP contribution in [-0.2, 0) is 11.3 Å². The summed E-state index contributed by atoms with van der Waals surface area (Å²) in [5, 5.41) is 1.13. The molecule has 0 aliphatic rings. The van der Waals surface area contributed by atoms with Gasteiger partial charge in [0.05, 0.1) is 6.61 Å². The van der Waals surface area contributed by atoms with Gasteiger partial charge in [-0.3, -0.25) is 0 Å². The third kappa shape index (κ3) is 8.27. The number of benzene rings is 1. The summed E-state index contributed by atoms with van der Waals surface area (Å²) >= 11 is 3.25. The van der Waals surface area contributed by atoms with Crippen LogP contribution >= 0.6 is 15.9 Å². The summed E-state index contributed by atoms with van der Waals surface area (Å²) in [5.41, 5.74) is 1.24. The van der Waals surface area contributed by atoms with Crippen molar-refractivity contribution >= 4 is 15.9 Å². The molecular weight excluding hydrogens is 240 g/mol. The fourth-order valence-corrected chi connectivity index (χ4v) is 0.794. The predicted molar refractivity (Wildman–Crippen MR) is 65.9 cm³/mol. The number of halogens is 1. The third-order valence-corrected chi connectivity index (χ3v) is 2.30. The average molecular weight is 259 g/mol. The lowest BCUT2D eigenvalue weighted by Gasteiger charge is -1.98. The van der Waals surface area contributed by atoms with Crippen LogP contribution in [0.2, 0.25) is 0 Å². The molecule has 0 unspecified atom stereocenters. The Balaban J connectivity index is 0.000000364. The summed E-state index contributed by atoms with van der Waals surface area (Å²) in [6.45, 7) is 5.66. The predicted octanol–water partition coefficient (Wildman–Crippen LogP) is 4.01. The Kier molecular flexibility index (Phi) is 10.5. The van der Waals surface area contributed by atoms with Crippen LogP contribution in [0.3, 0.4) is 0 Å². The molecule has 1 rings (SSSR count). The highest BCUT2D eigenvalue weighted by Crippen LogP contribution is 1.99. The molecule has 0 spiro atoms. The molecule has 1 aromatic carbocycles. The van der Waals surface area contributed by atoms with Crippen molar-refractivity contribution in [2.24, 2.45) is 0 Å². The van der Waals surface area contributed by atoms with E-state index in [0.717, 1.165) is 18.5 Å². The molecule has 0 atom stereocenters. The van der Waals surface area contributed by atoms with Gasteiger partial charge in [-0.05, 0) is 18.9 Å². The molecule has 2 heteroatoms. The van der Waals surface area contributed by atoms with Crippen molar-refractivity contribution in [2.45, 2.75) is 26.9 Å². The molecule has 0 radical (unpaired) electrons. The van der Waals surface area contributed by atoms with E-state index in [1.54, 1.807) is 0 Å². The fraction of sp³-hybridized carbons (Fsp3) is 0.500. The normalized spacial score (nSPS) is 9.07. The molecule has 80 valence electrons. The first-order valence-electron chi connectivity index (χ1n) is 5.02. The minimum atomic E-state index is 0.733. The molecule has 0 aliphatic heterocycles. The lowest BCUT2D eigenvalue weighted by Crippen LogP contribution is -1.90. The van der Waals surface area contributed by atoms with E-state index in [9.17, 15) is 0 Å². The van der Waals surface area contributed by atoms with Crippen LogP contribution in [0, 0.1) is 0 Å². The Morgan fingerprint density at radius 1 is 1.14 bits per heavy atom. The molecule has 1 nitrogen and oxygen atoms in total. The lowest BCUT2D eigenvalue weighted by atomic mass is 10.2. The minimum absolute atomic E-state index is 0.733. The highest BCUT2D eigenvalue weighted by molar-refractivity contribution is 9.09. The molecule has 0 saturated carbocycles. The summed E-state index contributed by atoms with van der Waals surface area (Å²) in [6.07, 6.45) is 1.24. The number of hydrogen-bond acceptors (Lipinski definition) is 1. The third-order valence-electron chi connectivity index (χ3n) is 1.50. The SMILES string of the molecule is CCCBr.CCOCc1ccccc1. The first-order chi connectivity index (χ1) is 6.85. The first kappa shape index (κ1) is 13.7. The van der Waals surface area contributed by atoms with E-state index >= 15 is 0 Å². The second-order valence-electron chi connectivity index (χ2n) is 2.81. The zero-order valence-electron chi connectivity index (χ0n) is 9.00. The van der Waals surface area contributed by atoms with Crippen molar-refractivity contribution in [2.75, 3.05) is 11.9 Å². The largest absolute Gasteiger partial charge is 0.377 e. The molecule has 1 aromatic rings. The van der Waals surface area contributed by atoms with Crippen LogP contribution in [0.4, 0.5) is 0 Å². The van der Waals surface area contributed by atoms with Gasteiger partial charge in [-0.1, -0.05) is 53.2 Å². The molecule has 0 fully saturated rings. The minimum Gasteiger partial charge on any atom is -0.377 e. The second kappa shape index (κ2) is 10.7. The maximum absolute atomic E-state index is 5.22. The van der Waals surface area contributed by atoms with Crippen LogP contribution in [-0.4, -0.2) is 11.9 Å². The van der Waals surface area contributed by atoms with Crippen molar-refractivity contribution in [3.05, 3.63) is 35.9 Å². The molecule has 0 heterocycles. The Morgan fingerprint density at radius 2 is 1.71 bits per heavy atom. The highest BCUT2D eigenvalue weighted by Gasteiger charge is 1.86. The van der Waals surface area contributed by atoms with Crippen molar-refractivity contribution in [1.82, 2.24) is 0 Å². The van der Waals surface area contributed by atoms with E-state index < -0.39 is 0 Å². The van der Waals surface area contributed by atoms with E-state index in [0.29, 0.717) is 0 Å². The zero-order chi connectivity index (χ0) is 10.6. The standard InChI is InChI=1S/C9H12O.C3H7Br/c1-2-10-8-9-6-4-3-5-7-9;1-2-3-4/h3-7H,2,8H2,1H3;2-3H2,1H3. The van der Waals surface area contributed by atoms with Gasteiger partial charge in [0.15, 0.2) is 0 Å². The van der Waals surface area contributed by atoms with Crippen molar-refractivity contribution in [3.63, 3.8) is 0 Å². The molecule has 0 saturated heterocycles. The van der Waals surface area contributed by atoms with Crippen LogP contribution in [0.25, 0.3) is 0 Å². The maximum Gasteiger partial charge on any atom is 0.0716 e. The summed E-state index contributed by atoms with van der Waals surface area (Å²) in [7, 11) is 0. The lowest BCUT2D eigenvalue weighted by molar-refractivity contribution is 0.134. The molecular formula is C12H19BrO. The maximum atomic E-state index is 5.22. The smallest absolute Gasteiger partial charge is 0.0716 e. The van der Waals surface area contributed by atoms with Crippen molar-refractivity contribution in [1.29, 1.82) is 0 Å². The fourth-order valence-electron chi connectivity index (χ4n) is 0.794. The Labute approximate surface area is 95.6 Å². The van der Waals surface area contributed by atoms with Gasteiger partial charge in [-0.25, -0.2) is 0 Å². The van der Waals surface area contributed by atoms with Crippen LogP contribution in [0.15, 0.2) is 30.3 Å². The van der Waals surface area contributed by atoms with E-state index in [1.807, 2.05) is 25.1 Å². The molecule has 0 amide bonds. The number of rotatable bonds is 4. The van der Waals surface area contributed by atoms with E-state index in [2.05, 4.69) is 35.0 Å². The number of alkyl halides is 1. The van der Waals surface area contributed by atoms with Gasteiger partial charge in [-0.15, -0.1) is 0 Å². The number of ether oxygens (including phenoxy) is 1. The molecule has 0 aromatic heterocycles. The zero-order valence-corrected chi connectivity index (χ0v) is 10.6. The first-order valence-corrected chi connectivity index (χ1v) is 6.14. The highest BCUT2D eigenvalue weighted by atomic mass is 79.9. The van der Waals surface area contributed by atoms with Crippen LogP contribution in [0.5, 0.6) is 0 Å². The summed E-state index contributed by atoms with van der Waals surface area (Å²) in [6, 6.07) is 10.2. The van der Waals surface area contributed by atoms with Crippen molar-refractivity contribution < 1.29 is 4.74 Å². The van der Waals surface area contributed by atoms with Gasteiger partial charge in [0.1, 0.15) is 0 Å². The van der Waals surface area contributed by atoms with Gasteiger partial charge in [0, 0.05) is 11.9 Å². The van der Waals surface area contributed by atoms with Gasteiger partial charge >= 0.3 is 0 Å². The van der Waals surface area contributed by atoms with Gasteiger partial charge < -0.3 is 4.74 Å². The quantitative estimate of drug-likeness (QED) is 0.742.